The van der Waals surface area contributed by atoms with E-state index in [0.29, 0.717) is 48.6 Å². The lowest BCUT2D eigenvalue weighted by Gasteiger charge is -2.37. The standard InChI is InChI=1S/C36H44ClN3O5/c1-5-21-38(26-16-10-9-11-17-26)32(42)28-29-33(43)40(23-12-7-8-13-24-41)31(36(29)20-19-35(28,4)45-36)34(44)39(22-6-2)30-25(3)15-14-18-27(30)37/h5-6,9-11,14-18,28-29,31,41H,1-2,7-8,12-13,19-24H2,3-4H3/t28-,29+,31?,35+,36?/m1/s1. The van der Waals surface area contributed by atoms with Gasteiger partial charge < -0.3 is 24.5 Å². The average molecular weight is 634 g/mol. The molecular formula is C36H44ClN3O5. The zero-order chi connectivity index (χ0) is 32.4. The van der Waals surface area contributed by atoms with Crippen molar-refractivity contribution >= 4 is 40.7 Å². The van der Waals surface area contributed by atoms with Gasteiger partial charge >= 0.3 is 0 Å². The van der Waals surface area contributed by atoms with Crippen LogP contribution in [0, 0.1) is 18.8 Å². The smallest absolute Gasteiger partial charge is 0.253 e. The lowest BCUT2D eigenvalue weighted by molar-refractivity contribution is -0.144. The number of hydrogen-bond acceptors (Lipinski definition) is 5. The number of unbranched alkanes of at least 4 members (excludes halogenated alkanes) is 3. The summed E-state index contributed by atoms with van der Waals surface area (Å²) >= 11 is 6.69. The molecule has 5 atom stereocenters. The number of aryl methyl sites for hydroxylation is 1. The number of para-hydroxylation sites is 2. The summed E-state index contributed by atoms with van der Waals surface area (Å²) in [6.07, 6.45) is 7.31. The molecule has 3 amide bonds. The molecule has 3 heterocycles. The van der Waals surface area contributed by atoms with Crippen LogP contribution in [0.3, 0.4) is 0 Å². The summed E-state index contributed by atoms with van der Waals surface area (Å²) in [5, 5.41) is 9.69. The molecule has 3 aliphatic heterocycles. The zero-order valence-corrected chi connectivity index (χ0v) is 27.0. The SMILES string of the molecule is C=CCN(C(=O)[C@H]1[C@H]2C(=O)N(CCCCCCO)C(C(=O)N(CC=C)c3c(C)cccc3Cl)C23CC[C@]1(C)O3)c1ccccc1. The Morgan fingerprint density at radius 2 is 1.69 bits per heavy atom. The molecule has 5 rings (SSSR count). The molecule has 1 spiro atoms. The molecule has 8 nitrogen and oxygen atoms in total. The first-order valence-electron chi connectivity index (χ1n) is 15.9. The summed E-state index contributed by atoms with van der Waals surface area (Å²) < 4.78 is 6.90. The second-order valence-corrected chi connectivity index (χ2v) is 13.0. The number of nitrogens with zero attached hydrogens (tertiary/aromatic N) is 3. The van der Waals surface area contributed by atoms with E-state index in [9.17, 15) is 19.5 Å². The van der Waals surface area contributed by atoms with E-state index in [2.05, 4.69) is 13.2 Å². The van der Waals surface area contributed by atoms with Gasteiger partial charge in [0.25, 0.3) is 5.91 Å². The van der Waals surface area contributed by atoms with Crippen LogP contribution in [0.1, 0.15) is 51.0 Å². The van der Waals surface area contributed by atoms with Crippen LogP contribution in [0.15, 0.2) is 73.8 Å². The molecule has 2 aromatic rings. The van der Waals surface area contributed by atoms with Crippen LogP contribution in [0.5, 0.6) is 0 Å². The number of halogens is 1. The van der Waals surface area contributed by atoms with Crippen molar-refractivity contribution in [1.82, 2.24) is 4.90 Å². The van der Waals surface area contributed by atoms with E-state index in [0.717, 1.165) is 18.4 Å². The van der Waals surface area contributed by atoms with E-state index < -0.39 is 29.1 Å². The lowest BCUT2D eigenvalue weighted by Crippen LogP contribution is -2.57. The fraction of sp³-hybridized carbons (Fsp3) is 0.472. The highest BCUT2D eigenvalue weighted by Gasteiger charge is 2.78. The molecule has 0 radical (unpaired) electrons. The Bertz CT molecular complexity index is 1430. The first kappa shape index (κ1) is 32.9. The highest BCUT2D eigenvalue weighted by Crippen LogP contribution is 2.63. The molecular weight excluding hydrogens is 590 g/mol. The van der Waals surface area contributed by atoms with Gasteiger partial charge in [0.15, 0.2) is 0 Å². The third-order valence-electron chi connectivity index (χ3n) is 9.77. The molecule has 2 bridgehead atoms. The van der Waals surface area contributed by atoms with Crippen LogP contribution >= 0.6 is 11.6 Å². The lowest BCUT2D eigenvalue weighted by atomic mass is 9.66. The third-order valence-corrected chi connectivity index (χ3v) is 10.1. The minimum Gasteiger partial charge on any atom is -0.396 e. The number of aliphatic hydroxyl groups is 1. The van der Waals surface area contributed by atoms with Gasteiger partial charge in [0.2, 0.25) is 11.8 Å². The predicted molar refractivity (Wildman–Crippen MR) is 177 cm³/mol. The maximum atomic E-state index is 14.9. The highest BCUT2D eigenvalue weighted by molar-refractivity contribution is 6.34. The van der Waals surface area contributed by atoms with Gasteiger partial charge in [-0.05, 0) is 63.3 Å². The van der Waals surface area contributed by atoms with Crippen molar-refractivity contribution in [1.29, 1.82) is 0 Å². The van der Waals surface area contributed by atoms with E-state index in [4.69, 9.17) is 16.3 Å². The fourth-order valence-electron chi connectivity index (χ4n) is 7.83. The zero-order valence-electron chi connectivity index (χ0n) is 26.3. The van der Waals surface area contributed by atoms with E-state index in [1.165, 1.54) is 0 Å². The van der Waals surface area contributed by atoms with Gasteiger partial charge in [-0.1, -0.05) is 66.9 Å². The minimum absolute atomic E-state index is 0.113. The molecule has 45 heavy (non-hydrogen) atoms. The second kappa shape index (κ2) is 13.5. The normalized spacial score (nSPS) is 26.5. The Balaban J connectivity index is 1.58. The van der Waals surface area contributed by atoms with Crippen molar-refractivity contribution in [3.05, 3.63) is 84.4 Å². The van der Waals surface area contributed by atoms with E-state index in [1.54, 1.807) is 32.9 Å². The molecule has 240 valence electrons. The number of anilines is 2. The summed E-state index contributed by atoms with van der Waals surface area (Å²) in [5.74, 6) is -2.31. The molecule has 3 saturated heterocycles. The van der Waals surface area contributed by atoms with Crippen LogP contribution in [-0.4, -0.2) is 71.2 Å². The van der Waals surface area contributed by atoms with Crippen LogP contribution in [0.2, 0.25) is 5.02 Å². The van der Waals surface area contributed by atoms with Crippen molar-refractivity contribution in [3.8, 4) is 0 Å². The molecule has 1 N–H and O–H groups in total. The van der Waals surface area contributed by atoms with Gasteiger partial charge in [0.05, 0.1) is 28.1 Å². The van der Waals surface area contributed by atoms with Gasteiger partial charge in [-0.3, -0.25) is 14.4 Å². The fourth-order valence-corrected chi connectivity index (χ4v) is 8.15. The number of rotatable bonds is 14. The summed E-state index contributed by atoms with van der Waals surface area (Å²) in [7, 11) is 0. The molecule has 0 aromatic heterocycles. The van der Waals surface area contributed by atoms with E-state index >= 15 is 0 Å². The van der Waals surface area contributed by atoms with Crippen LogP contribution in [0.25, 0.3) is 0 Å². The number of likely N-dealkylation sites (tertiary alicyclic amines) is 1. The minimum atomic E-state index is -1.17. The van der Waals surface area contributed by atoms with E-state index in [1.807, 2.05) is 56.3 Å². The summed E-state index contributed by atoms with van der Waals surface area (Å²) in [5.41, 5.74) is 0.0338. The molecule has 2 unspecified atom stereocenters. The van der Waals surface area contributed by atoms with Crippen molar-refractivity contribution < 1.29 is 24.2 Å². The number of aliphatic hydroxyl groups excluding tert-OH is 1. The van der Waals surface area contributed by atoms with Gasteiger partial charge in [-0.2, -0.15) is 0 Å². The second-order valence-electron chi connectivity index (χ2n) is 12.6. The Morgan fingerprint density at radius 3 is 2.36 bits per heavy atom. The van der Waals surface area contributed by atoms with Crippen molar-refractivity contribution in [2.75, 3.05) is 36.0 Å². The van der Waals surface area contributed by atoms with Gasteiger partial charge in [-0.15, -0.1) is 13.2 Å². The molecule has 0 saturated carbocycles. The Morgan fingerprint density at radius 1 is 1.00 bits per heavy atom. The summed E-state index contributed by atoms with van der Waals surface area (Å²) in [6.45, 7) is 12.5. The number of ether oxygens (including phenoxy) is 1. The molecule has 0 aliphatic carbocycles. The van der Waals surface area contributed by atoms with E-state index in [-0.39, 0.29) is 37.4 Å². The molecule has 3 fully saturated rings. The first-order valence-corrected chi connectivity index (χ1v) is 16.3. The average Bonchev–Trinajstić information content (AvgIpc) is 3.59. The number of benzene rings is 2. The molecule has 3 aliphatic rings. The maximum Gasteiger partial charge on any atom is 0.253 e. The Labute approximate surface area is 271 Å². The van der Waals surface area contributed by atoms with Gasteiger partial charge in [-0.25, -0.2) is 0 Å². The Hall–Kier alpha value is -3.46. The number of carbonyl (C=O) groups excluding carboxylic acids is 3. The number of amides is 3. The summed E-state index contributed by atoms with van der Waals surface area (Å²) in [6, 6.07) is 13.9. The topological polar surface area (TPSA) is 90.4 Å². The first-order chi connectivity index (χ1) is 21.6. The van der Waals surface area contributed by atoms with Crippen molar-refractivity contribution in [2.45, 2.75) is 69.6 Å². The quantitative estimate of drug-likeness (QED) is 0.213. The largest absolute Gasteiger partial charge is 0.396 e. The number of carbonyl (C=O) groups is 3. The van der Waals surface area contributed by atoms with Gasteiger partial charge in [0, 0.05) is 31.9 Å². The van der Waals surface area contributed by atoms with Crippen LogP contribution < -0.4 is 9.80 Å². The van der Waals surface area contributed by atoms with Crippen LogP contribution in [-0.2, 0) is 19.1 Å². The number of hydrogen-bond donors (Lipinski definition) is 1. The van der Waals surface area contributed by atoms with Crippen molar-refractivity contribution in [3.63, 3.8) is 0 Å². The van der Waals surface area contributed by atoms with Crippen LogP contribution in [0.4, 0.5) is 11.4 Å². The Kier molecular flexibility index (Phi) is 9.87. The number of fused-ring (bicyclic) bond motifs is 1. The monoisotopic (exact) mass is 633 g/mol. The summed E-state index contributed by atoms with van der Waals surface area (Å²) in [4.78, 5) is 49.0. The third kappa shape index (κ3) is 5.73. The molecule has 2 aromatic carbocycles. The molecule has 9 heteroatoms. The van der Waals surface area contributed by atoms with Crippen molar-refractivity contribution in [2.24, 2.45) is 11.8 Å². The maximum absolute atomic E-state index is 14.9. The van der Waals surface area contributed by atoms with Gasteiger partial charge in [0.1, 0.15) is 11.6 Å². The predicted octanol–water partition coefficient (Wildman–Crippen LogP) is 5.70. The highest BCUT2D eigenvalue weighted by atomic mass is 35.5.